The molecule has 4 nitrogen and oxygen atoms in total. The summed E-state index contributed by atoms with van der Waals surface area (Å²) in [5.74, 6) is -6.14. The summed E-state index contributed by atoms with van der Waals surface area (Å²) < 4.78 is 78.9. The van der Waals surface area contributed by atoms with Gasteiger partial charge in [0.2, 0.25) is 11.6 Å². The molecule has 2 rings (SSSR count). The zero-order valence-electron chi connectivity index (χ0n) is 15.4. The molecule has 0 fully saturated rings. The number of halogens is 3. The molecule has 27 heavy (non-hydrogen) atoms. The van der Waals surface area contributed by atoms with E-state index in [1.807, 2.05) is 0 Å². The first-order valence-electron chi connectivity index (χ1n) is 8.22. The van der Waals surface area contributed by atoms with Crippen LogP contribution in [0.1, 0.15) is 38.3 Å². The molecule has 0 bridgehead atoms. The fraction of sp³-hybridized carbons (Fsp3) is 0.368. The minimum Gasteiger partial charge on any atom is -0.451 e. The summed E-state index contributed by atoms with van der Waals surface area (Å²) in [6.45, 7) is 7.25. The Kier molecular flexibility index (Phi) is 5.91. The van der Waals surface area contributed by atoms with Crippen molar-refractivity contribution in [2.45, 2.75) is 45.4 Å². The van der Waals surface area contributed by atoms with Crippen molar-refractivity contribution in [3.8, 4) is 11.5 Å². The number of hydrogen-bond donors (Lipinski definition) is 1. The Labute approximate surface area is 156 Å². The smallest absolute Gasteiger partial charge is 0.297 e. The maximum atomic E-state index is 14.3. The Hall–Kier alpha value is -2.06. The molecule has 0 aliphatic heterocycles. The van der Waals surface area contributed by atoms with Crippen molar-refractivity contribution in [1.29, 1.82) is 0 Å². The highest BCUT2D eigenvalue weighted by atomic mass is 32.2. The van der Waals surface area contributed by atoms with Gasteiger partial charge in [-0.3, -0.25) is 4.55 Å². The normalized spacial score (nSPS) is 12.3. The van der Waals surface area contributed by atoms with Gasteiger partial charge in [0, 0.05) is 5.56 Å². The van der Waals surface area contributed by atoms with E-state index in [9.17, 15) is 21.6 Å². The third kappa shape index (κ3) is 5.01. The van der Waals surface area contributed by atoms with Crippen molar-refractivity contribution in [2.75, 3.05) is 0 Å². The first kappa shape index (κ1) is 21.2. The topological polar surface area (TPSA) is 63.6 Å². The molecule has 2 aromatic rings. The van der Waals surface area contributed by atoms with Gasteiger partial charge in [0.15, 0.2) is 11.6 Å². The Morgan fingerprint density at radius 2 is 1.56 bits per heavy atom. The van der Waals surface area contributed by atoms with E-state index < -0.39 is 43.8 Å². The lowest BCUT2D eigenvalue weighted by atomic mass is 9.89. The predicted molar refractivity (Wildman–Crippen MR) is 95.2 cm³/mol. The molecule has 8 heteroatoms. The molecule has 1 N–H and O–H groups in total. The molecular formula is C19H21F3O4S. The lowest BCUT2D eigenvalue weighted by molar-refractivity contribution is 0.372. The summed E-state index contributed by atoms with van der Waals surface area (Å²) in [7, 11) is -5.13. The minimum atomic E-state index is -5.13. The molecule has 0 radical (unpaired) electrons. The van der Waals surface area contributed by atoms with Gasteiger partial charge >= 0.3 is 0 Å². The van der Waals surface area contributed by atoms with Gasteiger partial charge in [-0.2, -0.15) is 12.8 Å². The van der Waals surface area contributed by atoms with Gasteiger partial charge in [0.1, 0.15) is 10.6 Å². The van der Waals surface area contributed by atoms with Crippen molar-refractivity contribution in [3.05, 3.63) is 52.8 Å². The summed E-state index contributed by atoms with van der Waals surface area (Å²) in [5, 5.41) is 0. The standard InChI is InChI=1S/C19H21F3O4S/c1-11-14(20)17(15(21)16(22)18(11)27(23,24)25)26-13-7-5-12(6-8-13)9-10-19(2,3)4/h5-8H,9-10H2,1-4H3,(H,23,24,25). The fourth-order valence-electron chi connectivity index (χ4n) is 2.49. The van der Waals surface area contributed by atoms with E-state index in [-0.39, 0.29) is 11.2 Å². The van der Waals surface area contributed by atoms with Crippen LogP contribution in [0.3, 0.4) is 0 Å². The zero-order valence-corrected chi connectivity index (χ0v) is 16.3. The number of hydrogen-bond acceptors (Lipinski definition) is 3. The summed E-state index contributed by atoms with van der Waals surface area (Å²) >= 11 is 0. The van der Waals surface area contributed by atoms with E-state index in [1.54, 1.807) is 12.1 Å². The van der Waals surface area contributed by atoms with Crippen LogP contribution in [0.2, 0.25) is 0 Å². The Balaban J connectivity index is 2.33. The number of rotatable bonds is 5. The van der Waals surface area contributed by atoms with Crippen LogP contribution in [0.5, 0.6) is 11.5 Å². The van der Waals surface area contributed by atoms with E-state index in [1.165, 1.54) is 12.1 Å². The van der Waals surface area contributed by atoms with E-state index in [2.05, 4.69) is 20.8 Å². The molecule has 0 spiro atoms. The van der Waals surface area contributed by atoms with Gasteiger partial charge < -0.3 is 4.74 Å². The molecule has 0 saturated carbocycles. The van der Waals surface area contributed by atoms with E-state index in [0.29, 0.717) is 0 Å². The summed E-state index contributed by atoms with van der Waals surface area (Å²) in [6, 6.07) is 6.43. The molecule has 0 aliphatic carbocycles. The van der Waals surface area contributed by atoms with Crippen LogP contribution in [0, 0.1) is 29.8 Å². The lowest BCUT2D eigenvalue weighted by Crippen LogP contribution is -2.10. The van der Waals surface area contributed by atoms with Crippen molar-refractivity contribution >= 4 is 10.1 Å². The minimum absolute atomic E-state index is 0.0608. The molecule has 0 atom stereocenters. The highest BCUT2D eigenvalue weighted by molar-refractivity contribution is 7.85. The monoisotopic (exact) mass is 402 g/mol. The summed E-state index contributed by atoms with van der Waals surface area (Å²) in [4.78, 5) is -1.44. The molecule has 0 aromatic heterocycles. The lowest BCUT2D eigenvalue weighted by Gasteiger charge is -2.18. The first-order chi connectivity index (χ1) is 12.3. The maximum Gasteiger partial charge on any atom is 0.297 e. The van der Waals surface area contributed by atoms with Crippen LogP contribution in [-0.2, 0) is 16.5 Å². The van der Waals surface area contributed by atoms with Gasteiger partial charge in [-0.25, -0.2) is 8.78 Å². The van der Waals surface area contributed by atoms with Gasteiger partial charge in [-0.05, 0) is 42.9 Å². The molecule has 0 unspecified atom stereocenters. The molecule has 0 heterocycles. The van der Waals surface area contributed by atoms with Gasteiger partial charge in [0.05, 0.1) is 0 Å². The second kappa shape index (κ2) is 7.52. The SMILES string of the molecule is Cc1c(F)c(Oc2ccc(CCC(C)(C)C)cc2)c(F)c(F)c1S(=O)(=O)O. The van der Waals surface area contributed by atoms with Crippen molar-refractivity contribution in [3.63, 3.8) is 0 Å². The molecule has 0 aliphatic rings. The van der Waals surface area contributed by atoms with Gasteiger partial charge in [-0.1, -0.05) is 32.9 Å². The molecule has 0 saturated heterocycles. The van der Waals surface area contributed by atoms with Crippen LogP contribution in [0.4, 0.5) is 13.2 Å². The molecular weight excluding hydrogens is 381 g/mol. The van der Waals surface area contributed by atoms with Crippen LogP contribution in [-0.4, -0.2) is 13.0 Å². The average molecular weight is 402 g/mol. The van der Waals surface area contributed by atoms with Crippen molar-refractivity contribution in [2.24, 2.45) is 5.41 Å². The van der Waals surface area contributed by atoms with E-state index in [0.717, 1.165) is 25.3 Å². The fourth-order valence-corrected chi connectivity index (χ4v) is 3.28. The van der Waals surface area contributed by atoms with Crippen LogP contribution in [0.25, 0.3) is 0 Å². The number of benzene rings is 2. The predicted octanol–water partition coefficient (Wildman–Crippen LogP) is 5.43. The Morgan fingerprint density at radius 3 is 2.04 bits per heavy atom. The molecule has 2 aromatic carbocycles. The maximum absolute atomic E-state index is 14.3. The molecule has 148 valence electrons. The van der Waals surface area contributed by atoms with Crippen molar-refractivity contribution < 1.29 is 30.9 Å². The van der Waals surface area contributed by atoms with Crippen LogP contribution in [0.15, 0.2) is 29.2 Å². The molecule has 0 amide bonds. The van der Waals surface area contributed by atoms with Gasteiger partial charge in [0.25, 0.3) is 10.1 Å². The third-order valence-corrected chi connectivity index (χ3v) is 5.03. The number of aryl methyl sites for hydroxylation is 1. The number of ether oxygens (including phenoxy) is 1. The van der Waals surface area contributed by atoms with Crippen molar-refractivity contribution in [1.82, 2.24) is 0 Å². The summed E-state index contributed by atoms with van der Waals surface area (Å²) in [6.07, 6.45) is 1.75. The van der Waals surface area contributed by atoms with Crippen LogP contribution < -0.4 is 4.74 Å². The average Bonchev–Trinajstić information content (AvgIpc) is 2.54. The highest BCUT2D eigenvalue weighted by Gasteiger charge is 2.30. The van der Waals surface area contributed by atoms with Gasteiger partial charge in [-0.15, -0.1) is 0 Å². The summed E-state index contributed by atoms with van der Waals surface area (Å²) in [5.41, 5.74) is 0.390. The highest BCUT2D eigenvalue weighted by Crippen LogP contribution is 2.35. The zero-order chi connectivity index (χ0) is 20.6. The largest absolute Gasteiger partial charge is 0.451 e. The second-order valence-corrected chi connectivity index (χ2v) is 8.87. The van der Waals surface area contributed by atoms with E-state index >= 15 is 0 Å². The Morgan fingerprint density at radius 1 is 1.00 bits per heavy atom. The quantitative estimate of drug-likeness (QED) is 0.535. The Bertz CT molecular complexity index is 917. The second-order valence-electron chi connectivity index (χ2n) is 7.51. The van der Waals surface area contributed by atoms with Crippen LogP contribution >= 0.6 is 0 Å². The van der Waals surface area contributed by atoms with E-state index in [4.69, 9.17) is 9.29 Å². The third-order valence-electron chi connectivity index (χ3n) is 4.03. The first-order valence-corrected chi connectivity index (χ1v) is 9.66.